The Bertz CT molecular complexity index is 1110. The Labute approximate surface area is 175 Å². The van der Waals surface area contributed by atoms with E-state index in [1.807, 2.05) is 13.8 Å². The van der Waals surface area contributed by atoms with Gasteiger partial charge in [-0.15, -0.1) is 0 Å². The Morgan fingerprint density at radius 1 is 0.750 bits per heavy atom. The van der Waals surface area contributed by atoms with Crippen LogP contribution in [0.5, 0.6) is 0 Å². The molecule has 6 nitrogen and oxygen atoms in total. The molecule has 2 aromatic carbocycles. The van der Waals surface area contributed by atoms with Crippen molar-refractivity contribution in [1.82, 2.24) is 8.61 Å². The van der Waals surface area contributed by atoms with Crippen LogP contribution in [-0.4, -0.2) is 51.6 Å². The molecule has 0 radical (unpaired) electrons. The molecule has 0 atom stereocenters. The molecule has 28 heavy (non-hydrogen) atoms. The van der Waals surface area contributed by atoms with E-state index in [1.165, 1.54) is 26.8 Å². The van der Waals surface area contributed by atoms with Gasteiger partial charge in [0.15, 0.2) is 0 Å². The van der Waals surface area contributed by atoms with E-state index < -0.39 is 20.0 Å². The zero-order valence-corrected chi connectivity index (χ0v) is 18.5. The number of sulfonamides is 2. The molecule has 1 fully saturated rings. The van der Waals surface area contributed by atoms with Gasteiger partial charge in [0.1, 0.15) is 4.90 Å². The third-order valence-corrected chi connectivity index (χ3v) is 9.33. The number of aryl methyl sites for hydroxylation is 2. The summed E-state index contributed by atoms with van der Waals surface area (Å²) in [4.78, 5) is 0.136. The lowest BCUT2D eigenvalue weighted by Crippen LogP contribution is -2.50. The maximum atomic E-state index is 12.9. The summed E-state index contributed by atoms with van der Waals surface area (Å²) in [6, 6.07) is 9.22. The first-order valence-electron chi connectivity index (χ1n) is 8.56. The first-order chi connectivity index (χ1) is 13.0. The highest BCUT2D eigenvalue weighted by molar-refractivity contribution is 7.89. The normalized spacial score (nSPS) is 17.0. The van der Waals surface area contributed by atoms with Crippen LogP contribution in [0.2, 0.25) is 10.0 Å². The Morgan fingerprint density at radius 2 is 1.32 bits per heavy atom. The smallest absolute Gasteiger partial charge is 0.207 e. The van der Waals surface area contributed by atoms with Crippen molar-refractivity contribution in [1.29, 1.82) is 0 Å². The first kappa shape index (κ1) is 21.5. The molecule has 3 rings (SSSR count). The SMILES string of the molecule is Cc1ccc(S(=O)(=O)N2CCN(S(=O)(=O)c3cc(Cl)ccc3Cl)CC2)cc1C. The molecule has 0 N–H and O–H groups in total. The van der Waals surface area contributed by atoms with Crippen molar-refractivity contribution in [3.8, 4) is 0 Å². The molecule has 0 aliphatic carbocycles. The zero-order valence-electron chi connectivity index (χ0n) is 15.4. The number of piperazine rings is 1. The summed E-state index contributed by atoms with van der Waals surface area (Å²) < 4.78 is 54.1. The molecule has 1 aliphatic heterocycles. The van der Waals surface area contributed by atoms with Gasteiger partial charge in [-0.2, -0.15) is 8.61 Å². The third-order valence-electron chi connectivity index (χ3n) is 4.82. The van der Waals surface area contributed by atoms with Crippen LogP contribution >= 0.6 is 23.2 Å². The predicted octanol–water partition coefficient (Wildman–Crippen LogP) is 3.31. The minimum atomic E-state index is -3.87. The first-order valence-corrected chi connectivity index (χ1v) is 12.2. The standard InChI is InChI=1S/C18H20Cl2N2O4S2/c1-13-3-5-16(11-14(13)2)27(23,24)21-7-9-22(10-8-21)28(25,26)18-12-15(19)4-6-17(18)20/h3-6,11-12H,7-10H2,1-2H3. The lowest BCUT2D eigenvalue weighted by Gasteiger charge is -2.33. The second kappa shape index (κ2) is 7.93. The summed E-state index contributed by atoms with van der Waals surface area (Å²) in [6.07, 6.45) is 0. The molecular formula is C18H20Cl2N2O4S2. The quantitative estimate of drug-likeness (QED) is 0.698. The fourth-order valence-corrected chi connectivity index (χ4v) is 6.66. The number of rotatable bonds is 4. The zero-order chi connectivity index (χ0) is 20.7. The van der Waals surface area contributed by atoms with Crippen molar-refractivity contribution in [3.63, 3.8) is 0 Å². The average molecular weight is 463 g/mol. The molecule has 0 amide bonds. The van der Waals surface area contributed by atoms with Gasteiger partial charge in [-0.1, -0.05) is 29.3 Å². The van der Waals surface area contributed by atoms with Crippen LogP contribution in [0, 0.1) is 13.8 Å². The van der Waals surface area contributed by atoms with Gasteiger partial charge in [0, 0.05) is 31.2 Å². The van der Waals surface area contributed by atoms with Crippen LogP contribution in [0.25, 0.3) is 0 Å². The van der Waals surface area contributed by atoms with E-state index >= 15 is 0 Å². The molecule has 0 bridgehead atoms. The molecule has 0 unspecified atom stereocenters. The van der Waals surface area contributed by atoms with Gasteiger partial charge < -0.3 is 0 Å². The van der Waals surface area contributed by atoms with Crippen molar-refractivity contribution >= 4 is 43.2 Å². The van der Waals surface area contributed by atoms with Crippen LogP contribution in [0.4, 0.5) is 0 Å². The molecule has 152 valence electrons. The van der Waals surface area contributed by atoms with Crippen LogP contribution in [0.1, 0.15) is 11.1 Å². The molecule has 0 spiro atoms. The Balaban J connectivity index is 1.80. The summed E-state index contributed by atoms with van der Waals surface area (Å²) in [5, 5.41) is 0.341. The number of hydrogen-bond donors (Lipinski definition) is 0. The Hall–Kier alpha value is -1.16. The Kier molecular flexibility index (Phi) is 6.10. The summed E-state index contributed by atoms with van der Waals surface area (Å²) in [5.74, 6) is 0. The van der Waals surface area contributed by atoms with Crippen molar-refractivity contribution in [2.75, 3.05) is 26.2 Å². The molecule has 10 heteroatoms. The van der Waals surface area contributed by atoms with E-state index in [4.69, 9.17) is 23.2 Å². The highest BCUT2D eigenvalue weighted by atomic mass is 35.5. The molecule has 0 aromatic heterocycles. The van der Waals surface area contributed by atoms with Crippen LogP contribution in [0.3, 0.4) is 0 Å². The summed E-state index contributed by atoms with van der Waals surface area (Å²) in [5.41, 5.74) is 1.89. The highest BCUT2D eigenvalue weighted by Crippen LogP contribution is 2.29. The van der Waals surface area contributed by atoms with Gasteiger partial charge in [-0.3, -0.25) is 0 Å². The second-order valence-electron chi connectivity index (χ2n) is 6.63. The fraction of sp³-hybridized carbons (Fsp3) is 0.333. The van der Waals surface area contributed by atoms with Crippen molar-refractivity contribution in [3.05, 3.63) is 57.6 Å². The van der Waals surface area contributed by atoms with Crippen LogP contribution in [0.15, 0.2) is 46.2 Å². The number of hydrogen-bond acceptors (Lipinski definition) is 4. The monoisotopic (exact) mass is 462 g/mol. The maximum absolute atomic E-state index is 12.9. The van der Waals surface area contributed by atoms with Gasteiger partial charge in [0.25, 0.3) is 0 Å². The molecule has 2 aromatic rings. The maximum Gasteiger partial charge on any atom is 0.244 e. The molecule has 1 heterocycles. The van der Waals surface area contributed by atoms with E-state index in [0.29, 0.717) is 0 Å². The molecule has 1 aliphatic rings. The summed E-state index contributed by atoms with van der Waals surface area (Å²) >= 11 is 11.9. The lowest BCUT2D eigenvalue weighted by atomic mass is 10.1. The van der Waals surface area contributed by atoms with E-state index in [1.54, 1.807) is 18.2 Å². The number of halogens is 2. The van der Waals surface area contributed by atoms with E-state index in [-0.39, 0.29) is 46.0 Å². The van der Waals surface area contributed by atoms with Crippen molar-refractivity contribution in [2.45, 2.75) is 23.6 Å². The van der Waals surface area contributed by atoms with E-state index in [0.717, 1.165) is 11.1 Å². The highest BCUT2D eigenvalue weighted by Gasteiger charge is 2.34. The number of nitrogens with zero attached hydrogens (tertiary/aromatic N) is 2. The minimum Gasteiger partial charge on any atom is -0.207 e. The fourth-order valence-electron chi connectivity index (χ4n) is 2.99. The van der Waals surface area contributed by atoms with Crippen LogP contribution < -0.4 is 0 Å². The molecule has 1 saturated heterocycles. The summed E-state index contributed by atoms with van der Waals surface area (Å²) in [6.45, 7) is 3.97. The van der Waals surface area contributed by atoms with Crippen LogP contribution in [-0.2, 0) is 20.0 Å². The predicted molar refractivity (Wildman–Crippen MR) is 110 cm³/mol. The lowest BCUT2D eigenvalue weighted by molar-refractivity contribution is 0.273. The van der Waals surface area contributed by atoms with Gasteiger partial charge in [-0.05, 0) is 55.3 Å². The number of benzene rings is 2. The van der Waals surface area contributed by atoms with Gasteiger partial charge in [0.2, 0.25) is 20.0 Å². The molecule has 0 saturated carbocycles. The largest absolute Gasteiger partial charge is 0.244 e. The van der Waals surface area contributed by atoms with Gasteiger partial charge in [-0.25, -0.2) is 16.8 Å². The summed E-state index contributed by atoms with van der Waals surface area (Å²) in [7, 11) is -7.55. The second-order valence-corrected chi connectivity index (χ2v) is 11.3. The van der Waals surface area contributed by atoms with E-state index in [9.17, 15) is 16.8 Å². The van der Waals surface area contributed by atoms with Gasteiger partial charge >= 0.3 is 0 Å². The minimum absolute atomic E-state index is 0.0370. The average Bonchev–Trinajstić information content (AvgIpc) is 2.65. The van der Waals surface area contributed by atoms with E-state index in [2.05, 4.69) is 0 Å². The Morgan fingerprint density at radius 3 is 1.89 bits per heavy atom. The molecular weight excluding hydrogens is 443 g/mol. The topological polar surface area (TPSA) is 74.8 Å². The third kappa shape index (κ3) is 4.08. The van der Waals surface area contributed by atoms with Crippen molar-refractivity contribution < 1.29 is 16.8 Å². The van der Waals surface area contributed by atoms with Crippen molar-refractivity contribution in [2.24, 2.45) is 0 Å². The van der Waals surface area contributed by atoms with Gasteiger partial charge in [0.05, 0.1) is 9.92 Å².